The minimum atomic E-state index is 0.0252. The van der Waals surface area contributed by atoms with Crippen molar-refractivity contribution in [2.24, 2.45) is 5.73 Å². The Balaban J connectivity index is 2.13. The molecule has 1 atom stereocenters. The minimum absolute atomic E-state index is 0.0252. The second-order valence-electron chi connectivity index (χ2n) is 4.94. The molecule has 0 spiro atoms. The zero-order chi connectivity index (χ0) is 13.1. The quantitative estimate of drug-likeness (QED) is 0.612. The van der Waals surface area contributed by atoms with Gasteiger partial charge < -0.3 is 15.5 Å². The van der Waals surface area contributed by atoms with Gasteiger partial charge in [-0.25, -0.2) is 0 Å². The van der Waals surface area contributed by atoms with Crippen LogP contribution >= 0.6 is 0 Å². The van der Waals surface area contributed by atoms with E-state index in [-0.39, 0.29) is 5.84 Å². The Labute approximate surface area is 108 Å². The van der Waals surface area contributed by atoms with Crippen molar-refractivity contribution in [1.82, 2.24) is 9.88 Å². The summed E-state index contributed by atoms with van der Waals surface area (Å²) in [6, 6.07) is 4.44. The molecule has 1 aromatic heterocycles. The number of hydrogen-bond donors (Lipinski definition) is 2. The van der Waals surface area contributed by atoms with Crippen molar-refractivity contribution in [3.8, 4) is 0 Å². The molecule has 5 nitrogen and oxygen atoms in total. The molecular weight excluding hydrogens is 226 g/mol. The number of rotatable bonds is 4. The molecule has 0 aromatic carbocycles. The molecule has 2 heterocycles. The number of likely N-dealkylation sites (tertiary alicyclic amines) is 1. The van der Waals surface area contributed by atoms with Gasteiger partial charge in [0.15, 0.2) is 0 Å². The molecule has 3 N–H and O–H groups in total. The Morgan fingerprint density at radius 1 is 1.67 bits per heavy atom. The molecule has 2 rings (SSSR count). The molecule has 1 aliphatic rings. The van der Waals surface area contributed by atoms with E-state index in [0.29, 0.717) is 11.7 Å². The molecule has 0 aliphatic carbocycles. The molecule has 1 fully saturated rings. The van der Waals surface area contributed by atoms with Gasteiger partial charge in [0.05, 0.1) is 5.69 Å². The molecule has 1 saturated heterocycles. The number of pyridine rings is 1. The first-order valence-electron chi connectivity index (χ1n) is 6.30. The number of amidine groups is 1. The van der Waals surface area contributed by atoms with E-state index in [0.717, 1.165) is 12.2 Å². The van der Waals surface area contributed by atoms with Gasteiger partial charge in [-0.05, 0) is 38.6 Å². The van der Waals surface area contributed by atoms with Gasteiger partial charge in [0.25, 0.3) is 0 Å². The van der Waals surface area contributed by atoms with Crippen LogP contribution in [0.3, 0.4) is 0 Å². The van der Waals surface area contributed by atoms with Crippen molar-refractivity contribution in [3.05, 3.63) is 24.0 Å². The molecular formula is C13H21N5. The van der Waals surface area contributed by atoms with Crippen molar-refractivity contribution in [2.75, 3.05) is 32.1 Å². The second-order valence-corrected chi connectivity index (χ2v) is 4.94. The van der Waals surface area contributed by atoms with Crippen LogP contribution in [-0.4, -0.2) is 48.9 Å². The lowest BCUT2D eigenvalue weighted by Crippen LogP contribution is -2.37. The highest BCUT2D eigenvalue weighted by atomic mass is 15.2. The lowest BCUT2D eigenvalue weighted by molar-refractivity contribution is 0.314. The summed E-state index contributed by atoms with van der Waals surface area (Å²) in [5.74, 6) is 0.0252. The second kappa shape index (κ2) is 5.35. The van der Waals surface area contributed by atoms with Crippen molar-refractivity contribution in [2.45, 2.75) is 18.9 Å². The predicted molar refractivity (Wildman–Crippen MR) is 74.2 cm³/mol. The standard InChI is InChI=1S/C13H21N5/c1-17-8-4-5-10(17)9-18(2)11-6-3-7-16-12(11)13(14)15/h3,6-7,10H,4-5,8-9H2,1-2H3,(H3,14,15). The van der Waals surface area contributed by atoms with Crippen LogP contribution in [0, 0.1) is 5.41 Å². The van der Waals surface area contributed by atoms with Crippen LogP contribution in [0.15, 0.2) is 18.3 Å². The van der Waals surface area contributed by atoms with E-state index in [9.17, 15) is 0 Å². The van der Waals surface area contributed by atoms with Gasteiger partial charge in [-0.15, -0.1) is 0 Å². The van der Waals surface area contributed by atoms with E-state index in [1.807, 2.05) is 19.2 Å². The summed E-state index contributed by atoms with van der Waals surface area (Å²) in [6.45, 7) is 2.12. The first kappa shape index (κ1) is 12.8. The average Bonchev–Trinajstić information content (AvgIpc) is 2.75. The predicted octanol–water partition coefficient (Wildman–Crippen LogP) is 0.896. The maximum Gasteiger partial charge on any atom is 0.143 e. The van der Waals surface area contributed by atoms with Gasteiger partial charge in [0, 0.05) is 25.8 Å². The van der Waals surface area contributed by atoms with Gasteiger partial charge in [0.1, 0.15) is 11.5 Å². The number of aromatic nitrogens is 1. The van der Waals surface area contributed by atoms with Crippen molar-refractivity contribution in [3.63, 3.8) is 0 Å². The van der Waals surface area contributed by atoms with Crippen LogP contribution in [0.4, 0.5) is 5.69 Å². The number of nitrogens with one attached hydrogen (secondary N) is 1. The number of hydrogen-bond acceptors (Lipinski definition) is 4. The zero-order valence-electron chi connectivity index (χ0n) is 11.1. The Kier molecular flexibility index (Phi) is 3.81. The topological polar surface area (TPSA) is 69.2 Å². The van der Waals surface area contributed by atoms with E-state index in [4.69, 9.17) is 11.1 Å². The fraction of sp³-hybridized carbons (Fsp3) is 0.538. The zero-order valence-corrected chi connectivity index (χ0v) is 11.1. The minimum Gasteiger partial charge on any atom is -0.382 e. The third-order valence-corrected chi connectivity index (χ3v) is 3.61. The van der Waals surface area contributed by atoms with Crippen molar-refractivity contribution >= 4 is 11.5 Å². The molecule has 98 valence electrons. The molecule has 1 unspecified atom stereocenters. The normalized spacial score (nSPS) is 20.0. The maximum atomic E-state index is 7.57. The summed E-state index contributed by atoms with van der Waals surface area (Å²) in [5.41, 5.74) is 7.08. The number of nitrogens with zero attached hydrogens (tertiary/aromatic N) is 3. The monoisotopic (exact) mass is 247 g/mol. The van der Waals surface area contributed by atoms with Crippen molar-refractivity contribution < 1.29 is 0 Å². The Morgan fingerprint density at radius 3 is 3.06 bits per heavy atom. The van der Waals surface area contributed by atoms with Crippen LogP contribution in [0.5, 0.6) is 0 Å². The van der Waals surface area contributed by atoms with E-state index >= 15 is 0 Å². The van der Waals surface area contributed by atoms with Gasteiger partial charge in [-0.3, -0.25) is 10.4 Å². The molecule has 0 amide bonds. The van der Waals surface area contributed by atoms with Crippen LogP contribution in [0.2, 0.25) is 0 Å². The molecule has 5 heteroatoms. The first-order chi connectivity index (χ1) is 8.59. The Bertz CT molecular complexity index is 431. The molecule has 0 radical (unpaired) electrons. The van der Waals surface area contributed by atoms with E-state index < -0.39 is 0 Å². The number of likely N-dealkylation sites (N-methyl/N-ethyl adjacent to an activating group) is 2. The number of nitrogen functional groups attached to an aromatic ring is 1. The molecule has 0 bridgehead atoms. The van der Waals surface area contributed by atoms with Gasteiger partial charge in [-0.2, -0.15) is 0 Å². The summed E-state index contributed by atoms with van der Waals surface area (Å²) >= 11 is 0. The van der Waals surface area contributed by atoms with E-state index in [1.165, 1.54) is 19.4 Å². The fourth-order valence-electron chi connectivity index (χ4n) is 2.54. The summed E-state index contributed by atoms with van der Waals surface area (Å²) in [6.07, 6.45) is 4.17. The lowest BCUT2D eigenvalue weighted by Gasteiger charge is -2.28. The molecule has 18 heavy (non-hydrogen) atoms. The average molecular weight is 247 g/mol. The van der Waals surface area contributed by atoms with Crippen LogP contribution in [0.1, 0.15) is 18.5 Å². The number of nitrogens with two attached hydrogens (primary N) is 1. The largest absolute Gasteiger partial charge is 0.382 e. The lowest BCUT2D eigenvalue weighted by atomic mass is 10.2. The van der Waals surface area contributed by atoms with E-state index in [1.54, 1.807) is 6.20 Å². The Hall–Kier alpha value is -1.62. The number of anilines is 1. The SMILES string of the molecule is CN(CC1CCCN1C)c1cccnc1C(=N)N. The molecule has 1 aliphatic heterocycles. The third-order valence-electron chi connectivity index (χ3n) is 3.61. The maximum absolute atomic E-state index is 7.57. The van der Waals surface area contributed by atoms with Gasteiger partial charge >= 0.3 is 0 Å². The Morgan fingerprint density at radius 2 is 2.44 bits per heavy atom. The highest BCUT2D eigenvalue weighted by Gasteiger charge is 2.23. The summed E-state index contributed by atoms with van der Waals surface area (Å²) in [5, 5.41) is 7.57. The van der Waals surface area contributed by atoms with Gasteiger partial charge in [-0.1, -0.05) is 0 Å². The molecule has 0 saturated carbocycles. The molecule has 1 aromatic rings. The third kappa shape index (κ3) is 2.61. The van der Waals surface area contributed by atoms with Crippen LogP contribution in [-0.2, 0) is 0 Å². The summed E-state index contributed by atoms with van der Waals surface area (Å²) in [4.78, 5) is 8.73. The first-order valence-corrected chi connectivity index (χ1v) is 6.30. The van der Waals surface area contributed by atoms with Crippen LogP contribution < -0.4 is 10.6 Å². The summed E-state index contributed by atoms with van der Waals surface area (Å²) < 4.78 is 0. The smallest absolute Gasteiger partial charge is 0.143 e. The van der Waals surface area contributed by atoms with Crippen LogP contribution in [0.25, 0.3) is 0 Å². The fourth-order valence-corrected chi connectivity index (χ4v) is 2.54. The van der Waals surface area contributed by atoms with E-state index in [2.05, 4.69) is 21.8 Å². The highest BCUT2D eigenvalue weighted by Crippen LogP contribution is 2.21. The van der Waals surface area contributed by atoms with Gasteiger partial charge in [0.2, 0.25) is 0 Å². The summed E-state index contributed by atoms with van der Waals surface area (Å²) in [7, 11) is 4.20. The van der Waals surface area contributed by atoms with Crippen molar-refractivity contribution in [1.29, 1.82) is 5.41 Å². The highest BCUT2D eigenvalue weighted by molar-refractivity contribution is 5.98.